The van der Waals surface area contributed by atoms with Crippen molar-refractivity contribution in [2.45, 2.75) is 45.6 Å². The summed E-state index contributed by atoms with van der Waals surface area (Å²) in [6.07, 6.45) is 6.53. The van der Waals surface area contributed by atoms with Crippen LogP contribution in [-0.2, 0) is 0 Å². The van der Waals surface area contributed by atoms with Crippen LogP contribution in [-0.4, -0.2) is 13.7 Å². The van der Waals surface area contributed by atoms with Crippen LogP contribution in [0.1, 0.15) is 49.8 Å². The molecule has 0 spiro atoms. The van der Waals surface area contributed by atoms with Crippen molar-refractivity contribution in [3.05, 3.63) is 42.0 Å². The van der Waals surface area contributed by atoms with E-state index in [-0.39, 0.29) is 0 Å². The number of methoxy groups -OCH3 is 1. The number of hydrogen-bond acceptors (Lipinski definition) is 2. The monoisotopic (exact) mass is 261 g/mol. The Morgan fingerprint density at radius 1 is 1.42 bits per heavy atom. The summed E-state index contributed by atoms with van der Waals surface area (Å²) in [5, 5.41) is 3.63. The summed E-state index contributed by atoms with van der Waals surface area (Å²) in [5.74, 6) is 0.976. The van der Waals surface area contributed by atoms with Crippen LogP contribution in [0.4, 0.5) is 0 Å². The van der Waals surface area contributed by atoms with Crippen LogP contribution in [0, 0.1) is 6.92 Å². The van der Waals surface area contributed by atoms with Crippen molar-refractivity contribution in [1.82, 2.24) is 5.32 Å². The van der Waals surface area contributed by atoms with E-state index >= 15 is 0 Å². The molecule has 2 heteroatoms. The van der Waals surface area contributed by atoms with Gasteiger partial charge in [-0.05, 0) is 56.3 Å². The zero-order valence-corrected chi connectivity index (χ0v) is 12.5. The van der Waals surface area contributed by atoms with Gasteiger partial charge in [0.15, 0.2) is 0 Å². The number of hydrogen-bond donors (Lipinski definition) is 1. The molecule has 1 aromatic carbocycles. The topological polar surface area (TPSA) is 21.3 Å². The Bertz CT molecular complexity index is 387. The summed E-state index contributed by atoms with van der Waals surface area (Å²) in [7, 11) is 1.73. The molecule has 0 fully saturated rings. The second kappa shape index (κ2) is 8.76. The molecule has 1 unspecified atom stereocenters. The summed E-state index contributed by atoms with van der Waals surface area (Å²) < 4.78 is 5.42. The summed E-state index contributed by atoms with van der Waals surface area (Å²) >= 11 is 0. The lowest BCUT2D eigenvalue weighted by Gasteiger charge is -2.20. The van der Waals surface area contributed by atoms with Crippen LogP contribution in [0.25, 0.3) is 0 Å². The van der Waals surface area contributed by atoms with Crippen molar-refractivity contribution in [2.24, 2.45) is 0 Å². The lowest BCUT2D eigenvalue weighted by molar-refractivity contribution is 0.408. The fourth-order valence-corrected chi connectivity index (χ4v) is 2.22. The highest BCUT2D eigenvalue weighted by molar-refractivity contribution is 5.37. The third kappa shape index (κ3) is 5.07. The van der Waals surface area contributed by atoms with Crippen molar-refractivity contribution >= 4 is 0 Å². The highest BCUT2D eigenvalue weighted by atomic mass is 16.5. The normalized spacial score (nSPS) is 12.2. The van der Waals surface area contributed by atoms with E-state index in [1.807, 2.05) is 6.08 Å². The highest BCUT2D eigenvalue weighted by Crippen LogP contribution is 2.26. The average Bonchev–Trinajstić information content (AvgIpc) is 2.43. The molecule has 1 rings (SSSR count). The maximum Gasteiger partial charge on any atom is 0.122 e. The van der Waals surface area contributed by atoms with Crippen LogP contribution in [0.15, 0.2) is 30.9 Å². The minimum absolute atomic E-state index is 0.411. The molecule has 0 bridgehead atoms. The first-order valence-corrected chi connectivity index (χ1v) is 7.21. The fourth-order valence-electron chi connectivity index (χ4n) is 2.22. The van der Waals surface area contributed by atoms with Gasteiger partial charge in [0.05, 0.1) is 7.11 Å². The largest absolute Gasteiger partial charge is 0.496 e. The molecular formula is C17H27NO. The van der Waals surface area contributed by atoms with Gasteiger partial charge in [-0.3, -0.25) is 0 Å². The molecular weight excluding hydrogens is 234 g/mol. The van der Waals surface area contributed by atoms with Gasteiger partial charge in [0.2, 0.25) is 0 Å². The third-order valence-electron chi connectivity index (χ3n) is 3.38. The van der Waals surface area contributed by atoms with Crippen molar-refractivity contribution in [3.63, 3.8) is 0 Å². The molecule has 0 saturated carbocycles. The number of ether oxygens (including phenoxy) is 1. The second-order valence-electron chi connectivity index (χ2n) is 4.96. The van der Waals surface area contributed by atoms with Crippen molar-refractivity contribution in [2.75, 3.05) is 13.7 Å². The molecule has 106 valence electrons. The molecule has 0 aliphatic carbocycles. The molecule has 0 aromatic heterocycles. The van der Waals surface area contributed by atoms with E-state index in [2.05, 4.69) is 43.9 Å². The first-order chi connectivity index (χ1) is 9.22. The Kier molecular flexibility index (Phi) is 7.27. The minimum atomic E-state index is 0.411. The molecule has 0 heterocycles. The third-order valence-corrected chi connectivity index (χ3v) is 3.38. The standard InChI is InChI=1S/C17H27NO/c1-5-7-8-9-16(18-12-6-2)15-11-10-14(3)17(13-15)19-4/h5,10-11,13,16,18H,1,6-9,12H2,2-4H3. The SMILES string of the molecule is C=CCCCC(NCCC)c1ccc(C)c(OC)c1. The summed E-state index contributed by atoms with van der Waals surface area (Å²) in [6, 6.07) is 6.92. The molecule has 19 heavy (non-hydrogen) atoms. The Balaban J connectivity index is 2.79. The second-order valence-corrected chi connectivity index (χ2v) is 4.96. The van der Waals surface area contributed by atoms with Crippen molar-refractivity contribution < 1.29 is 4.74 Å². The number of aryl methyl sites for hydroxylation is 1. The van der Waals surface area contributed by atoms with Gasteiger partial charge in [-0.15, -0.1) is 6.58 Å². The molecule has 0 radical (unpaired) electrons. The summed E-state index contributed by atoms with van der Waals surface area (Å²) in [5.41, 5.74) is 2.51. The average molecular weight is 261 g/mol. The molecule has 1 N–H and O–H groups in total. The predicted molar refractivity (Wildman–Crippen MR) is 82.8 cm³/mol. The van der Waals surface area contributed by atoms with Gasteiger partial charge in [-0.1, -0.05) is 25.1 Å². The van der Waals surface area contributed by atoms with E-state index in [9.17, 15) is 0 Å². The number of unbranched alkanes of at least 4 members (excludes halogenated alkanes) is 1. The van der Waals surface area contributed by atoms with Gasteiger partial charge in [-0.25, -0.2) is 0 Å². The smallest absolute Gasteiger partial charge is 0.122 e. The highest BCUT2D eigenvalue weighted by Gasteiger charge is 2.11. The van der Waals surface area contributed by atoms with Crippen LogP contribution in [0.5, 0.6) is 5.75 Å². The Hall–Kier alpha value is -1.28. The maximum atomic E-state index is 5.42. The first-order valence-electron chi connectivity index (χ1n) is 7.21. The van der Waals surface area contributed by atoms with Crippen molar-refractivity contribution in [1.29, 1.82) is 0 Å². The quantitative estimate of drug-likeness (QED) is 0.525. The molecule has 0 saturated heterocycles. The molecule has 2 nitrogen and oxygen atoms in total. The zero-order chi connectivity index (χ0) is 14.1. The van der Waals surface area contributed by atoms with Crippen LogP contribution >= 0.6 is 0 Å². The Labute approximate surface area is 117 Å². The van der Waals surface area contributed by atoms with E-state index in [0.29, 0.717) is 6.04 Å². The summed E-state index contributed by atoms with van der Waals surface area (Å²) in [6.45, 7) is 9.12. The van der Waals surface area contributed by atoms with E-state index < -0.39 is 0 Å². The van der Waals surface area contributed by atoms with Gasteiger partial charge in [-0.2, -0.15) is 0 Å². The maximum absolute atomic E-state index is 5.42. The van der Waals surface area contributed by atoms with Gasteiger partial charge in [0.1, 0.15) is 5.75 Å². The molecule has 1 aromatic rings. The van der Waals surface area contributed by atoms with Gasteiger partial charge in [0, 0.05) is 6.04 Å². The minimum Gasteiger partial charge on any atom is -0.496 e. The number of allylic oxidation sites excluding steroid dienone is 1. The zero-order valence-electron chi connectivity index (χ0n) is 12.5. The van der Waals surface area contributed by atoms with Gasteiger partial charge < -0.3 is 10.1 Å². The number of benzene rings is 1. The predicted octanol–water partition coefficient (Wildman–Crippen LogP) is 4.40. The number of rotatable bonds is 9. The van der Waals surface area contributed by atoms with Crippen LogP contribution < -0.4 is 10.1 Å². The van der Waals surface area contributed by atoms with Gasteiger partial charge in [0.25, 0.3) is 0 Å². The molecule has 0 aliphatic rings. The lowest BCUT2D eigenvalue weighted by atomic mass is 9.99. The van der Waals surface area contributed by atoms with Crippen LogP contribution in [0.2, 0.25) is 0 Å². The fraction of sp³-hybridized carbons (Fsp3) is 0.529. The van der Waals surface area contributed by atoms with Crippen LogP contribution in [0.3, 0.4) is 0 Å². The molecule has 0 aliphatic heterocycles. The van der Waals surface area contributed by atoms with E-state index in [0.717, 1.165) is 31.6 Å². The number of nitrogens with one attached hydrogen (secondary N) is 1. The van der Waals surface area contributed by atoms with Gasteiger partial charge >= 0.3 is 0 Å². The first kappa shape index (κ1) is 15.8. The molecule has 0 amide bonds. The lowest BCUT2D eigenvalue weighted by Crippen LogP contribution is -2.22. The van der Waals surface area contributed by atoms with E-state index in [1.165, 1.54) is 17.5 Å². The summed E-state index contributed by atoms with van der Waals surface area (Å²) in [4.78, 5) is 0. The Morgan fingerprint density at radius 2 is 2.21 bits per heavy atom. The van der Waals surface area contributed by atoms with E-state index in [1.54, 1.807) is 7.11 Å². The van der Waals surface area contributed by atoms with E-state index in [4.69, 9.17) is 4.74 Å². The Morgan fingerprint density at radius 3 is 2.84 bits per heavy atom. The van der Waals surface area contributed by atoms with Crippen molar-refractivity contribution in [3.8, 4) is 5.75 Å². The molecule has 1 atom stereocenters.